The van der Waals surface area contributed by atoms with E-state index < -0.39 is 0 Å². The highest BCUT2D eigenvalue weighted by Gasteiger charge is 2.29. The topological polar surface area (TPSA) is 29.5 Å². The van der Waals surface area contributed by atoms with Gasteiger partial charge < -0.3 is 4.74 Å². The van der Waals surface area contributed by atoms with Crippen LogP contribution in [0.3, 0.4) is 0 Å². The number of carbonyl (C=O) groups is 1. The lowest BCUT2D eigenvalue weighted by Crippen LogP contribution is -2.23. The number of anilines is 1. The summed E-state index contributed by atoms with van der Waals surface area (Å²) in [4.78, 5) is 12.9. The highest BCUT2D eigenvalue weighted by Crippen LogP contribution is 2.29. The molecule has 1 atom stereocenters. The molecule has 0 bridgehead atoms. The summed E-state index contributed by atoms with van der Waals surface area (Å²) in [6.45, 7) is 2.38. The standard InChI is InChI=1S/C10H9Cl2NO2/c1-6-5-13(10(14)15-6)7-2-3-8(11)9(12)4-7/h2-4,6H,5H2,1H3/t6-/m1/s1. The van der Waals surface area contributed by atoms with Gasteiger partial charge in [0.15, 0.2) is 0 Å². The van der Waals surface area contributed by atoms with Gasteiger partial charge in [0.1, 0.15) is 6.10 Å². The summed E-state index contributed by atoms with van der Waals surface area (Å²) in [6.07, 6.45) is -0.437. The average molecular weight is 246 g/mol. The maximum absolute atomic E-state index is 11.4. The van der Waals surface area contributed by atoms with Crippen molar-refractivity contribution in [2.24, 2.45) is 0 Å². The molecule has 1 aromatic rings. The van der Waals surface area contributed by atoms with Crippen LogP contribution in [0.1, 0.15) is 6.92 Å². The van der Waals surface area contributed by atoms with Gasteiger partial charge in [-0.1, -0.05) is 23.2 Å². The minimum atomic E-state index is -0.346. The van der Waals surface area contributed by atoms with E-state index in [0.29, 0.717) is 22.3 Å². The van der Waals surface area contributed by atoms with E-state index in [0.717, 1.165) is 0 Å². The van der Waals surface area contributed by atoms with E-state index in [1.165, 1.54) is 4.90 Å². The lowest BCUT2D eigenvalue weighted by molar-refractivity contribution is 0.150. The summed E-state index contributed by atoms with van der Waals surface area (Å²) in [5, 5.41) is 0.905. The third kappa shape index (κ3) is 2.03. The molecular weight excluding hydrogens is 237 g/mol. The number of nitrogens with zero attached hydrogens (tertiary/aromatic N) is 1. The van der Waals surface area contributed by atoms with Crippen molar-refractivity contribution in [2.75, 3.05) is 11.4 Å². The smallest absolute Gasteiger partial charge is 0.414 e. The van der Waals surface area contributed by atoms with Crippen molar-refractivity contribution < 1.29 is 9.53 Å². The lowest BCUT2D eigenvalue weighted by Gasteiger charge is -2.13. The Hall–Kier alpha value is -0.930. The molecule has 3 nitrogen and oxygen atoms in total. The van der Waals surface area contributed by atoms with Crippen LogP contribution in [0.4, 0.5) is 10.5 Å². The van der Waals surface area contributed by atoms with Crippen LogP contribution >= 0.6 is 23.2 Å². The number of hydrogen-bond acceptors (Lipinski definition) is 2. The first-order valence-corrected chi connectivity index (χ1v) is 5.26. The molecule has 15 heavy (non-hydrogen) atoms. The molecule has 1 aliphatic heterocycles. The molecule has 1 amide bonds. The van der Waals surface area contributed by atoms with Gasteiger partial charge in [0.2, 0.25) is 0 Å². The van der Waals surface area contributed by atoms with Crippen LogP contribution in [-0.4, -0.2) is 18.7 Å². The molecule has 0 spiro atoms. The molecule has 0 radical (unpaired) electrons. The zero-order valence-electron chi connectivity index (χ0n) is 8.04. The van der Waals surface area contributed by atoms with Crippen LogP contribution in [0.15, 0.2) is 18.2 Å². The monoisotopic (exact) mass is 245 g/mol. The maximum Gasteiger partial charge on any atom is 0.414 e. The number of rotatable bonds is 1. The van der Waals surface area contributed by atoms with Crippen LogP contribution in [0.5, 0.6) is 0 Å². The molecule has 1 fully saturated rings. The van der Waals surface area contributed by atoms with Gasteiger partial charge >= 0.3 is 6.09 Å². The Morgan fingerprint density at radius 2 is 2.13 bits per heavy atom. The normalized spacial score (nSPS) is 20.6. The lowest BCUT2D eigenvalue weighted by atomic mass is 10.3. The van der Waals surface area contributed by atoms with E-state index in [1.807, 2.05) is 6.92 Å². The predicted octanol–water partition coefficient (Wildman–Crippen LogP) is 3.34. The van der Waals surface area contributed by atoms with Gasteiger partial charge in [-0.3, -0.25) is 4.90 Å². The van der Waals surface area contributed by atoms with Gasteiger partial charge in [-0.25, -0.2) is 4.79 Å². The number of amides is 1. The average Bonchev–Trinajstić information content (AvgIpc) is 2.50. The largest absolute Gasteiger partial charge is 0.444 e. The van der Waals surface area contributed by atoms with Crippen molar-refractivity contribution in [3.63, 3.8) is 0 Å². The van der Waals surface area contributed by atoms with E-state index in [2.05, 4.69) is 0 Å². The van der Waals surface area contributed by atoms with Crippen molar-refractivity contribution in [1.29, 1.82) is 0 Å². The molecule has 1 saturated heterocycles. The number of hydrogen-bond donors (Lipinski definition) is 0. The summed E-state index contributed by atoms with van der Waals surface area (Å²) >= 11 is 11.7. The highest BCUT2D eigenvalue weighted by molar-refractivity contribution is 6.42. The molecule has 1 heterocycles. The van der Waals surface area contributed by atoms with E-state index >= 15 is 0 Å². The van der Waals surface area contributed by atoms with Gasteiger partial charge in [0.05, 0.1) is 16.6 Å². The predicted molar refractivity (Wildman–Crippen MR) is 59.8 cm³/mol. The Bertz CT molecular complexity index is 408. The van der Waals surface area contributed by atoms with E-state index in [1.54, 1.807) is 18.2 Å². The fourth-order valence-corrected chi connectivity index (χ4v) is 1.76. The van der Waals surface area contributed by atoms with Crippen molar-refractivity contribution in [2.45, 2.75) is 13.0 Å². The fraction of sp³-hybridized carbons (Fsp3) is 0.300. The number of halogens is 2. The summed E-state index contributed by atoms with van der Waals surface area (Å²) < 4.78 is 5.01. The number of benzene rings is 1. The van der Waals surface area contributed by atoms with Crippen LogP contribution < -0.4 is 4.90 Å². The molecule has 1 aromatic carbocycles. The molecule has 0 unspecified atom stereocenters. The molecule has 2 rings (SSSR count). The van der Waals surface area contributed by atoms with Crippen molar-refractivity contribution >= 4 is 35.0 Å². The fourth-order valence-electron chi connectivity index (χ4n) is 1.47. The number of ether oxygens (including phenoxy) is 1. The Balaban J connectivity index is 2.30. The van der Waals surface area contributed by atoms with Crippen molar-refractivity contribution in [3.8, 4) is 0 Å². The first kappa shape index (κ1) is 10.6. The second kappa shape index (κ2) is 3.91. The molecule has 80 valence electrons. The quantitative estimate of drug-likeness (QED) is 0.760. The number of carbonyl (C=O) groups excluding carboxylic acids is 1. The van der Waals surface area contributed by atoms with Gasteiger partial charge in [0.25, 0.3) is 0 Å². The molecule has 5 heteroatoms. The van der Waals surface area contributed by atoms with Gasteiger partial charge in [0, 0.05) is 5.69 Å². The second-order valence-electron chi connectivity index (χ2n) is 3.40. The van der Waals surface area contributed by atoms with E-state index in [-0.39, 0.29) is 12.2 Å². The Morgan fingerprint density at radius 3 is 2.67 bits per heavy atom. The zero-order chi connectivity index (χ0) is 11.0. The molecule has 1 aliphatic rings. The summed E-state index contributed by atoms with van der Waals surface area (Å²) in [7, 11) is 0. The Labute approximate surface area is 97.5 Å². The molecule has 0 N–H and O–H groups in total. The Morgan fingerprint density at radius 1 is 1.40 bits per heavy atom. The molecule has 0 saturated carbocycles. The first-order valence-electron chi connectivity index (χ1n) is 4.51. The van der Waals surface area contributed by atoms with Crippen LogP contribution in [-0.2, 0) is 4.74 Å². The van der Waals surface area contributed by atoms with Crippen LogP contribution in [0, 0.1) is 0 Å². The molecule has 0 aromatic heterocycles. The van der Waals surface area contributed by atoms with Gasteiger partial charge in [-0.2, -0.15) is 0 Å². The molecule has 0 aliphatic carbocycles. The third-order valence-electron chi connectivity index (χ3n) is 2.18. The summed E-state index contributed by atoms with van der Waals surface area (Å²) in [5.74, 6) is 0. The van der Waals surface area contributed by atoms with Crippen molar-refractivity contribution in [1.82, 2.24) is 0 Å². The first-order chi connectivity index (χ1) is 7.08. The Kier molecular flexibility index (Phi) is 2.76. The van der Waals surface area contributed by atoms with E-state index in [9.17, 15) is 4.79 Å². The van der Waals surface area contributed by atoms with Crippen molar-refractivity contribution in [3.05, 3.63) is 28.2 Å². The summed E-state index contributed by atoms with van der Waals surface area (Å²) in [5.41, 5.74) is 0.707. The van der Waals surface area contributed by atoms with Crippen LogP contribution in [0.2, 0.25) is 10.0 Å². The number of cyclic esters (lactones) is 1. The van der Waals surface area contributed by atoms with E-state index in [4.69, 9.17) is 27.9 Å². The van der Waals surface area contributed by atoms with Gasteiger partial charge in [-0.05, 0) is 25.1 Å². The minimum absolute atomic E-state index is 0.0908. The van der Waals surface area contributed by atoms with Gasteiger partial charge in [-0.15, -0.1) is 0 Å². The van der Waals surface area contributed by atoms with Crippen LogP contribution in [0.25, 0.3) is 0 Å². The maximum atomic E-state index is 11.4. The summed E-state index contributed by atoms with van der Waals surface area (Å²) in [6, 6.07) is 5.06. The second-order valence-corrected chi connectivity index (χ2v) is 4.22. The highest BCUT2D eigenvalue weighted by atomic mass is 35.5. The SMILES string of the molecule is C[C@@H]1CN(c2ccc(Cl)c(Cl)c2)C(=O)O1. The zero-order valence-corrected chi connectivity index (χ0v) is 9.55. The molecular formula is C10H9Cl2NO2. The third-order valence-corrected chi connectivity index (χ3v) is 2.92. The minimum Gasteiger partial charge on any atom is -0.444 e.